The van der Waals surface area contributed by atoms with Gasteiger partial charge in [-0.25, -0.2) is 0 Å². The number of hydrogen-bond donors (Lipinski definition) is 13. The Morgan fingerprint density at radius 3 is 1.73 bits per heavy atom. The molecular formula is C26H51N5O14. The Balaban J connectivity index is 1.49. The van der Waals surface area contributed by atoms with Crippen LogP contribution >= 0.6 is 0 Å². The average molecular weight is 658 g/mol. The van der Waals surface area contributed by atoms with Gasteiger partial charge in [0.1, 0.15) is 48.8 Å². The monoisotopic (exact) mass is 657 g/mol. The van der Waals surface area contributed by atoms with E-state index in [0.717, 1.165) is 0 Å². The van der Waals surface area contributed by atoms with Gasteiger partial charge in [0, 0.05) is 31.2 Å². The van der Waals surface area contributed by atoms with Crippen LogP contribution in [0.15, 0.2) is 0 Å². The number of nitrogens with two attached hydrogens (primary N) is 5. The van der Waals surface area contributed by atoms with Crippen LogP contribution in [0, 0.1) is 5.92 Å². The normalized spacial score (nSPS) is 51.0. The highest BCUT2D eigenvalue weighted by atomic mass is 16.8. The standard InChI is InChI=1S/C26H51N5O14/c27-5-11-18(37)19(38)15(31)25(40-11)44-22-13(7-34)42-26(20(22)39)45-23-17(36)9(28)4-10(29)21(23)43-24-14(30)16(35)8(2-1-3-32)12(6-33)41-24/h8-26,32-39H,1-7,27-31H2/t8-,9-,10?,11?,12?,13-,14+,15?,16?,17?,18-,19?,20?,21-,22+,23-,24-,25-,26+/m1/s1. The van der Waals surface area contributed by atoms with Gasteiger partial charge in [-0.15, -0.1) is 0 Å². The van der Waals surface area contributed by atoms with Gasteiger partial charge in [0.15, 0.2) is 18.9 Å². The van der Waals surface area contributed by atoms with Crippen LogP contribution in [0.4, 0.5) is 0 Å². The van der Waals surface area contributed by atoms with Gasteiger partial charge in [0.05, 0.1) is 43.6 Å². The van der Waals surface area contributed by atoms with E-state index >= 15 is 0 Å². The number of aliphatic hydroxyl groups is 8. The Morgan fingerprint density at radius 2 is 1.13 bits per heavy atom. The van der Waals surface area contributed by atoms with Crippen molar-refractivity contribution in [2.24, 2.45) is 34.6 Å². The van der Waals surface area contributed by atoms with Gasteiger partial charge in [-0.1, -0.05) is 0 Å². The predicted molar refractivity (Wildman–Crippen MR) is 150 cm³/mol. The van der Waals surface area contributed by atoms with Gasteiger partial charge in [-0.2, -0.15) is 0 Å². The summed E-state index contributed by atoms with van der Waals surface area (Å²) in [6.07, 6.45) is -17.3. The molecule has 19 nitrogen and oxygen atoms in total. The summed E-state index contributed by atoms with van der Waals surface area (Å²) >= 11 is 0. The van der Waals surface area contributed by atoms with E-state index in [0.29, 0.717) is 12.8 Å². The van der Waals surface area contributed by atoms with E-state index in [1.165, 1.54) is 0 Å². The van der Waals surface area contributed by atoms with E-state index in [-0.39, 0.29) is 19.6 Å². The first kappa shape index (κ1) is 37.1. The molecule has 0 aromatic carbocycles. The smallest absolute Gasteiger partial charge is 0.187 e. The highest BCUT2D eigenvalue weighted by Crippen LogP contribution is 2.35. The van der Waals surface area contributed by atoms with E-state index in [1.807, 2.05) is 0 Å². The minimum Gasteiger partial charge on any atom is -0.396 e. The molecule has 4 rings (SSSR count). The summed E-state index contributed by atoms with van der Waals surface area (Å²) in [6.45, 7) is -1.41. The molecule has 264 valence electrons. The maximum atomic E-state index is 11.2. The molecule has 8 unspecified atom stereocenters. The fourth-order valence-electron chi connectivity index (χ4n) is 6.49. The molecule has 0 bridgehead atoms. The quantitative estimate of drug-likeness (QED) is 0.0926. The Kier molecular flexibility index (Phi) is 13.3. The average Bonchev–Trinajstić information content (AvgIpc) is 3.32. The first-order valence-electron chi connectivity index (χ1n) is 15.3. The second kappa shape index (κ2) is 16.1. The Labute approximate surface area is 260 Å². The lowest BCUT2D eigenvalue weighted by atomic mass is 9.83. The van der Waals surface area contributed by atoms with Crippen molar-refractivity contribution in [2.75, 3.05) is 26.4 Å². The van der Waals surface area contributed by atoms with Crippen LogP contribution in [-0.4, -0.2) is 177 Å². The van der Waals surface area contributed by atoms with Crippen molar-refractivity contribution < 1.29 is 69.3 Å². The number of rotatable bonds is 12. The van der Waals surface area contributed by atoms with Crippen LogP contribution in [0.2, 0.25) is 0 Å². The van der Waals surface area contributed by atoms with E-state index in [4.69, 9.17) is 57.1 Å². The number of aliphatic hydroxyl groups excluding tert-OH is 8. The summed E-state index contributed by atoms with van der Waals surface area (Å²) in [6, 6.07) is -4.08. The maximum absolute atomic E-state index is 11.2. The molecule has 0 aromatic heterocycles. The van der Waals surface area contributed by atoms with Gasteiger partial charge >= 0.3 is 0 Å². The van der Waals surface area contributed by atoms with Crippen molar-refractivity contribution in [3.63, 3.8) is 0 Å². The molecule has 0 radical (unpaired) electrons. The van der Waals surface area contributed by atoms with Crippen molar-refractivity contribution >= 4 is 0 Å². The largest absolute Gasteiger partial charge is 0.396 e. The minimum absolute atomic E-state index is 0.0885. The SMILES string of the molecule is NCC1O[C@H](O[C@@H]2C(O)[C@H](O[C@@H]3C(O)[C@H](N)CC(N)[C@H]3O[C@H]3OC(CO)[C@@H](CCCO)C(O)[C@@H]3N)O[C@@H]2CO)C(N)C(O)[C@@H]1O. The van der Waals surface area contributed by atoms with Crippen molar-refractivity contribution in [1.29, 1.82) is 0 Å². The zero-order valence-electron chi connectivity index (χ0n) is 24.8. The molecule has 1 aliphatic carbocycles. The van der Waals surface area contributed by atoms with Crippen LogP contribution in [-0.2, 0) is 28.4 Å². The van der Waals surface area contributed by atoms with E-state index in [1.54, 1.807) is 0 Å². The van der Waals surface area contributed by atoms with Gasteiger partial charge in [-0.05, 0) is 19.3 Å². The van der Waals surface area contributed by atoms with E-state index < -0.39 is 129 Å². The Bertz CT molecular complexity index is 914. The molecule has 1 saturated carbocycles. The third-order valence-electron chi connectivity index (χ3n) is 9.20. The molecule has 19 heteroatoms. The summed E-state index contributed by atoms with van der Waals surface area (Å²) in [7, 11) is 0. The molecule has 4 aliphatic rings. The zero-order chi connectivity index (χ0) is 33.2. The molecule has 0 aromatic rings. The zero-order valence-corrected chi connectivity index (χ0v) is 24.8. The van der Waals surface area contributed by atoms with Crippen LogP contribution in [0.3, 0.4) is 0 Å². The highest BCUT2D eigenvalue weighted by molar-refractivity contribution is 5.02. The van der Waals surface area contributed by atoms with E-state index in [2.05, 4.69) is 0 Å². The second-order valence-corrected chi connectivity index (χ2v) is 12.2. The third kappa shape index (κ3) is 7.78. The van der Waals surface area contributed by atoms with Crippen molar-refractivity contribution in [3.05, 3.63) is 0 Å². The third-order valence-corrected chi connectivity index (χ3v) is 9.20. The summed E-state index contributed by atoms with van der Waals surface area (Å²) in [5.74, 6) is -0.580. The Hall–Kier alpha value is -0.760. The Morgan fingerprint density at radius 1 is 0.578 bits per heavy atom. The van der Waals surface area contributed by atoms with Crippen LogP contribution < -0.4 is 28.7 Å². The first-order chi connectivity index (χ1) is 21.4. The molecule has 3 saturated heterocycles. The maximum Gasteiger partial charge on any atom is 0.187 e. The van der Waals surface area contributed by atoms with Crippen molar-refractivity contribution in [3.8, 4) is 0 Å². The summed E-state index contributed by atoms with van der Waals surface area (Å²) in [4.78, 5) is 0. The van der Waals surface area contributed by atoms with Crippen molar-refractivity contribution in [2.45, 2.75) is 129 Å². The molecule has 3 heterocycles. The van der Waals surface area contributed by atoms with Gasteiger partial charge in [0.25, 0.3) is 0 Å². The topological polar surface area (TPSA) is 347 Å². The first-order valence-corrected chi connectivity index (χ1v) is 15.3. The van der Waals surface area contributed by atoms with Crippen molar-refractivity contribution in [1.82, 2.24) is 0 Å². The molecule has 19 atom stereocenters. The fraction of sp³-hybridized carbons (Fsp3) is 1.00. The van der Waals surface area contributed by atoms with Gasteiger partial charge < -0.3 is 97.9 Å². The summed E-state index contributed by atoms with van der Waals surface area (Å²) in [5.41, 5.74) is 30.4. The molecule has 18 N–H and O–H groups in total. The molecule has 3 aliphatic heterocycles. The number of ether oxygens (including phenoxy) is 6. The van der Waals surface area contributed by atoms with Crippen LogP contribution in [0.1, 0.15) is 19.3 Å². The predicted octanol–water partition coefficient (Wildman–Crippen LogP) is -7.83. The minimum atomic E-state index is -1.61. The molecular weight excluding hydrogens is 606 g/mol. The van der Waals surface area contributed by atoms with Gasteiger partial charge in [0.2, 0.25) is 0 Å². The summed E-state index contributed by atoms with van der Waals surface area (Å²) in [5, 5.41) is 82.7. The highest BCUT2D eigenvalue weighted by Gasteiger charge is 2.54. The molecule has 4 fully saturated rings. The van der Waals surface area contributed by atoms with Crippen LogP contribution in [0.5, 0.6) is 0 Å². The summed E-state index contributed by atoms with van der Waals surface area (Å²) < 4.78 is 35.1. The molecule has 0 spiro atoms. The molecule has 45 heavy (non-hydrogen) atoms. The fourth-order valence-corrected chi connectivity index (χ4v) is 6.49. The molecule has 0 amide bonds. The lowest BCUT2D eigenvalue weighted by molar-refractivity contribution is -0.306. The van der Waals surface area contributed by atoms with Crippen LogP contribution in [0.25, 0.3) is 0 Å². The second-order valence-electron chi connectivity index (χ2n) is 12.2. The van der Waals surface area contributed by atoms with Gasteiger partial charge in [-0.3, -0.25) is 0 Å². The number of hydrogen-bond acceptors (Lipinski definition) is 19. The van der Waals surface area contributed by atoms with E-state index in [9.17, 15) is 40.9 Å². The lowest BCUT2D eigenvalue weighted by Gasteiger charge is -2.48. The lowest BCUT2D eigenvalue weighted by Crippen LogP contribution is -2.67.